The lowest BCUT2D eigenvalue weighted by Crippen LogP contribution is -2.33. The number of anilines is 1. The standard InChI is InChI=1S/C18H17N3O6S2/c1-10(22)20-8-7-12-13(9-20)29-17(16(12)18(24)27-2)19-14(23)5-3-11-4-6-15(28-11)21(25)26/h3-6H,7-9H2,1-2H3,(H,19,23). The van der Waals surface area contributed by atoms with Gasteiger partial charge in [-0.1, -0.05) is 11.3 Å². The molecule has 0 bridgehead atoms. The van der Waals surface area contributed by atoms with E-state index in [0.29, 0.717) is 35.0 Å². The lowest BCUT2D eigenvalue weighted by atomic mass is 10.0. The fourth-order valence-electron chi connectivity index (χ4n) is 2.92. The molecule has 0 radical (unpaired) electrons. The molecule has 0 aromatic carbocycles. The van der Waals surface area contributed by atoms with E-state index in [0.717, 1.165) is 21.8 Å². The number of methoxy groups -OCH3 is 1. The van der Waals surface area contributed by atoms with Crippen molar-refractivity contribution < 1.29 is 24.0 Å². The lowest BCUT2D eigenvalue weighted by molar-refractivity contribution is -0.380. The number of esters is 1. The highest BCUT2D eigenvalue weighted by Crippen LogP contribution is 2.37. The van der Waals surface area contributed by atoms with Crippen molar-refractivity contribution in [3.63, 3.8) is 0 Å². The Bertz CT molecular complexity index is 1020. The van der Waals surface area contributed by atoms with E-state index in [4.69, 9.17) is 4.74 Å². The summed E-state index contributed by atoms with van der Waals surface area (Å²) in [6, 6.07) is 2.92. The van der Waals surface area contributed by atoms with Crippen molar-refractivity contribution in [1.82, 2.24) is 4.90 Å². The van der Waals surface area contributed by atoms with Gasteiger partial charge in [0.2, 0.25) is 11.8 Å². The van der Waals surface area contributed by atoms with Gasteiger partial charge >= 0.3 is 11.0 Å². The Morgan fingerprint density at radius 1 is 1.31 bits per heavy atom. The van der Waals surface area contributed by atoms with Gasteiger partial charge in [-0.25, -0.2) is 4.79 Å². The minimum absolute atomic E-state index is 0.0148. The number of fused-ring (bicyclic) bond motifs is 1. The summed E-state index contributed by atoms with van der Waals surface area (Å²) in [6.07, 6.45) is 3.22. The van der Waals surface area contributed by atoms with Crippen LogP contribution in [-0.2, 0) is 27.3 Å². The number of ether oxygens (including phenoxy) is 1. The molecule has 29 heavy (non-hydrogen) atoms. The topological polar surface area (TPSA) is 119 Å². The molecule has 1 N–H and O–H groups in total. The van der Waals surface area contributed by atoms with Crippen molar-refractivity contribution in [2.45, 2.75) is 19.9 Å². The summed E-state index contributed by atoms with van der Waals surface area (Å²) in [6.45, 7) is 2.36. The summed E-state index contributed by atoms with van der Waals surface area (Å²) in [5.74, 6) is -1.08. The van der Waals surface area contributed by atoms with Gasteiger partial charge in [0.25, 0.3) is 0 Å². The Balaban J connectivity index is 1.81. The van der Waals surface area contributed by atoms with Crippen LogP contribution in [-0.4, -0.2) is 41.3 Å². The van der Waals surface area contributed by atoms with E-state index < -0.39 is 16.8 Å². The van der Waals surface area contributed by atoms with Gasteiger partial charge in [0.15, 0.2) is 0 Å². The first-order valence-electron chi connectivity index (χ1n) is 8.51. The molecule has 152 valence electrons. The zero-order valence-corrected chi connectivity index (χ0v) is 17.2. The summed E-state index contributed by atoms with van der Waals surface area (Å²) in [5, 5.41) is 13.8. The first kappa shape index (κ1) is 20.7. The Labute approximate surface area is 173 Å². The van der Waals surface area contributed by atoms with E-state index in [1.807, 2.05) is 0 Å². The highest BCUT2D eigenvalue weighted by Gasteiger charge is 2.29. The molecule has 2 aromatic heterocycles. The number of nitrogens with one attached hydrogen (secondary N) is 1. The molecule has 11 heteroatoms. The summed E-state index contributed by atoms with van der Waals surface area (Å²) in [7, 11) is 1.27. The molecule has 9 nitrogen and oxygen atoms in total. The van der Waals surface area contributed by atoms with Gasteiger partial charge in [0, 0.05) is 35.4 Å². The molecule has 3 heterocycles. The molecule has 0 saturated carbocycles. The second-order valence-electron chi connectivity index (χ2n) is 6.15. The average molecular weight is 435 g/mol. The highest BCUT2D eigenvalue weighted by atomic mass is 32.1. The second-order valence-corrected chi connectivity index (χ2v) is 8.34. The number of thiophene rings is 2. The summed E-state index contributed by atoms with van der Waals surface area (Å²) >= 11 is 2.19. The quantitative estimate of drug-likeness (QED) is 0.334. The molecule has 1 aliphatic heterocycles. The van der Waals surface area contributed by atoms with E-state index in [-0.39, 0.29) is 10.9 Å². The molecule has 0 unspecified atom stereocenters. The molecule has 2 amide bonds. The zero-order valence-electron chi connectivity index (χ0n) is 15.6. The van der Waals surface area contributed by atoms with Gasteiger partial charge in [0.05, 0.1) is 24.1 Å². The van der Waals surface area contributed by atoms with E-state index in [1.54, 1.807) is 11.0 Å². The molecule has 2 aromatic rings. The van der Waals surface area contributed by atoms with Crippen molar-refractivity contribution in [2.24, 2.45) is 0 Å². The highest BCUT2D eigenvalue weighted by molar-refractivity contribution is 7.17. The molecule has 0 atom stereocenters. The maximum absolute atomic E-state index is 12.3. The molecule has 3 rings (SSSR count). The van der Waals surface area contributed by atoms with Gasteiger partial charge in [-0.2, -0.15) is 0 Å². The van der Waals surface area contributed by atoms with E-state index in [1.165, 1.54) is 43.6 Å². The van der Waals surface area contributed by atoms with Crippen molar-refractivity contribution in [3.8, 4) is 0 Å². The third-order valence-electron chi connectivity index (χ3n) is 4.32. The fourth-order valence-corrected chi connectivity index (χ4v) is 4.90. The molecular formula is C18H17N3O6S2. The average Bonchev–Trinajstić information content (AvgIpc) is 3.29. The van der Waals surface area contributed by atoms with E-state index in [9.17, 15) is 24.5 Å². The number of amides is 2. The Kier molecular flexibility index (Phi) is 6.09. The van der Waals surface area contributed by atoms with Crippen LogP contribution in [0.2, 0.25) is 0 Å². The van der Waals surface area contributed by atoms with Crippen LogP contribution < -0.4 is 5.32 Å². The molecular weight excluding hydrogens is 418 g/mol. The predicted octanol–water partition coefficient (Wildman–Crippen LogP) is 3.06. The first-order chi connectivity index (χ1) is 13.8. The number of carbonyl (C=O) groups excluding carboxylic acids is 3. The minimum Gasteiger partial charge on any atom is -0.465 e. The minimum atomic E-state index is -0.549. The van der Waals surface area contributed by atoms with Crippen LogP contribution >= 0.6 is 22.7 Å². The fraction of sp³-hybridized carbons (Fsp3) is 0.278. The number of hydrogen-bond acceptors (Lipinski definition) is 8. The van der Waals surface area contributed by atoms with Gasteiger partial charge in [-0.3, -0.25) is 19.7 Å². The Hall–Kier alpha value is -3.05. The van der Waals surface area contributed by atoms with Crippen LogP contribution in [0, 0.1) is 10.1 Å². The normalized spacial score (nSPS) is 13.2. The van der Waals surface area contributed by atoms with Crippen LogP contribution in [0.4, 0.5) is 10.0 Å². The summed E-state index contributed by atoms with van der Waals surface area (Å²) in [5.41, 5.74) is 1.09. The molecule has 0 aliphatic carbocycles. The van der Waals surface area contributed by atoms with Crippen molar-refractivity contribution in [1.29, 1.82) is 0 Å². The molecule has 0 fully saturated rings. The molecule has 0 saturated heterocycles. The van der Waals surface area contributed by atoms with E-state index >= 15 is 0 Å². The third-order valence-corrected chi connectivity index (χ3v) is 6.45. The van der Waals surface area contributed by atoms with Gasteiger partial charge in [-0.15, -0.1) is 11.3 Å². The van der Waals surface area contributed by atoms with Crippen molar-refractivity contribution >= 4 is 56.5 Å². The zero-order chi connectivity index (χ0) is 21.1. The Morgan fingerprint density at radius 2 is 2.07 bits per heavy atom. The van der Waals surface area contributed by atoms with Crippen LogP contribution in [0.5, 0.6) is 0 Å². The summed E-state index contributed by atoms with van der Waals surface area (Å²) < 4.78 is 4.87. The predicted molar refractivity (Wildman–Crippen MR) is 109 cm³/mol. The smallest absolute Gasteiger partial charge is 0.341 e. The largest absolute Gasteiger partial charge is 0.465 e. The van der Waals surface area contributed by atoms with Crippen LogP contribution in [0.3, 0.4) is 0 Å². The third kappa shape index (κ3) is 4.51. The van der Waals surface area contributed by atoms with Crippen LogP contribution in [0.15, 0.2) is 18.2 Å². The van der Waals surface area contributed by atoms with Crippen LogP contribution in [0.25, 0.3) is 6.08 Å². The molecule has 0 spiro atoms. The van der Waals surface area contributed by atoms with Gasteiger partial charge < -0.3 is 15.0 Å². The number of nitrogens with zero attached hydrogens (tertiary/aromatic N) is 2. The molecule has 1 aliphatic rings. The van der Waals surface area contributed by atoms with Crippen LogP contribution in [0.1, 0.15) is 32.6 Å². The maximum Gasteiger partial charge on any atom is 0.341 e. The maximum atomic E-state index is 12.3. The Morgan fingerprint density at radius 3 is 2.69 bits per heavy atom. The van der Waals surface area contributed by atoms with Crippen molar-refractivity contribution in [2.75, 3.05) is 19.0 Å². The monoisotopic (exact) mass is 435 g/mol. The first-order valence-corrected chi connectivity index (χ1v) is 10.1. The van der Waals surface area contributed by atoms with E-state index in [2.05, 4.69) is 5.32 Å². The lowest BCUT2D eigenvalue weighted by Gasteiger charge is -2.25. The van der Waals surface area contributed by atoms with Crippen molar-refractivity contribution in [3.05, 3.63) is 49.2 Å². The van der Waals surface area contributed by atoms with Gasteiger partial charge in [0.1, 0.15) is 5.00 Å². The number of rotatable bonds is 5. The summed E-state index contributed by atoms with van der Waals surface area (Å²) in [4.78, 5) is 49.6. The number of carbonyl (C=O) groups is 3. The number of nitro groups is 1. The number of hydrogen-bond donors (Lipinski definition) is 1. The SMILES string of the molecule is COC(=O)c1c(NC(=O)C=Cc2ccc([N+](=O)[O-])s2)sc2c1CCN(C(C)=O)C2. The second kappa shape index (κ2) is 8.53. The van der Waals surface area contributed by atoms with Gasteiger partial charge in [-0.05, 0) is 24.1 Å².